The van der Waals surface area contributed by atoms with Gasteiger partial charge in [-0.2, -0.15) is 0 Å². The van der Waals surface area contributed by atoms with Gasteiger partial charge in [0.05, 0.1) is 17.1 Å². The van der Waals surface area contributed by atoms with E-state index >= 15 is 0 Å². The minimum absolute atomic E-state index is 0.139. The molecule has 0 unspecified atom stereocenters. The monoisotopic (exact) mass is 396 g/mol. The normalized spacial score (nSPS) is 15.1. The molecule has 0 atom stereocenters. The summed E-state index contributed by atoms with van der Waals surface area (Å²) in [5.41, 5.74) is 2.77. The Morgan fingerprint density at radius 1 is 1.30 bits per heavy atom. The highest BCUT2D eigenvalue weighted by Crippen LogP contribution is 2.32. The fourth-order valence-corrected chi connectivity index (χ4v) is 4.69. The first kappa shape index (κ1) is 18.1. The summed E-state index contributed by atoms with van der Waals surface area (Å²) >= 11 is 3.46. The molecule has 2 heterocycles. The van der Waals surface area contributed by atoms with Crippen molar-refractivity contribution in [2.24, 2.45) is 0 Å². The van der Waals surface area contributed by atoms with E-state index in [4.69, 9.17) is 4.74 Å². The first-order chi connectivity index (χ1) is 13.2. The Balaban J connectivity index is 1.45. The Morgan fingerprint density at radius 2 is 2.22 bits per heavy atom. The van der Waals surface area contributed by atoms with Crippen LogP contribution in [0.15, 0.2) is 58.8 Å². The molecule has 138 valence electrons. The third-order valence-corrected chi connectivity index (χ3v) is 6.69. The number of hydrogen-bond donors (Lipinski definition) is 0. The van der Waals surface area contributed by atoms with E-state index in [1.807, 2.05) is 35.0 Å². The van der Waals surface area contributed by atoms with Crippen LogP contribution in [0.5, 0.6) is 5.75 Å². The zero-order chi connectivity index (χ0) is 18.6. The van der Waals surface area contributed by atoms with Gasteiger partial charge in [0.1, 0.15) is 12.4 Å². The number of allylic oxidation sites excluding steroid dienone is 1. The number of aromatic nitrogens is 2. The molecular weight excluding hydrogens is 376 g/mol. The molecule has 2 aromatic heterocycles. The summed E-state index contributed by atoms with van der Waals surface area (Å²) in [6.45, 7) is 1.33. The Kier molecular flexibility index (Phi) is 5.45. The molecule has 0 bridgehead atoms. The third-order valence-electron chi connectivity index (χ3n) is 4.57. The van der Waals surface area contributed by atoms with Crippen LogP contribution in [0.4, 0.5) is 0 Å². The van der Waals surface area contributed by atoms with E-state index in [-0.39, 0.29) is 5.78 Å². The molecule has 1 aliphatic carbocycles. The number of carbonyl (C=O) groups excluding carboxylic acids is 1. The van der Waals surface area contributed by atoms with Crippen molar-refractivity contribution in [1.29, 1.82) is 0 Å². The van der Waals surface area contributed by atoms with Crippen LogP contribution in [0, 0.1) is 0 Å². The van der Waals surface area contributed by atoms with Crippen LogP contribution >= 0.6 is 23.1 Å². The summed E-state index contributed by atoms with van der Waals surface area (Å²) in [5.74, 6) is 0.956. The van der Waals surface area contributed by atoms with Crippen molar-refractivity contribution in [2.75, 3.05) is 12.9 Å². The number of imidazole rings is 1. The van der Waals surface area contributed by atoms with Gasteiger partial charge in [0.2, 0.25) is 0 Å². The van der Waals surface area contributed by atoms with E-state index in [1.54, 1.807) is 35.6 Å². The van der Waals surface area contributed by atoms with Gasteiger partial charge < -0.3 is 9.30 Å². The topological polar surface area (TPSA) is 44.1 Å². The number of benzene rings is 1. The molecule has 4 nitrogen and oxygen atoms in total. The molecule has 0 N–H and O–H groups in total. The van der Waals surface area contributed by atoms with Crippen LogP contribution in [0.3, 0.4) is 0 Å². The summed E-state index contributed by atoms with van der Waals surface area (Å²) in [6, 6.07) is 10.00. The Morgan fingerprint density at radius 3 is 3.00 bits per heavy atom. The van der Waals surface area contributed by atoms with Crippen molar-refractivity contribution < 1.29 is 9.53 Å². The maximum atomic E-state index is 12.9. The number of hydrogen-bond acceptors (Lipinski definition) is 5. The maximum absolute atomic E-state index is 12.9. The smallest absolute Gasteiger partial charge is 0.189 e. The Hall–Kier alpha value is -2.31. The molecule has 27 heavy (non-hydrogen) atoms. The molecular formula is C21H20N2O2S2. The molecule has 0 aliphatic heterocycles. The molecule has 0 saturated heterocycles. The number of nitrogens with zero attached hydrogens (tertiary/aromatic N) is 2. The summed E-state index contributed by atoms with van der Waals surface area (Å²) in [4.78, 5) is 18.0. The zero-order valence-corrected chi connectivity index (χ0v) is 16.7. The van der Waals surface area contributed by atoms with Gasteiger partial charge in [-0.3, -0.25) is 4.79 Å². The third kappa shape index (κ3) is 4.17. The summed E-state index contributed by atoms with van der Waals surface area (Å²) in [7, 11) is 0. The lowest BCUT2D eigenvalue weighted by Gasteiger charge is -2.18. The molecule has 1 aromatic carbocycles. The number of rotatable bonds is 6. The van der Waals surface area contributed by atoms with Gasteiger partial charge in [0.15, 0.2) is 5.78 Å². The second kappa shape index (κ2) is 8.15. The molecule has 0 amide bonds. The molecule has 6 heteroatoms. The van der Waals surface area contributed by atoms with Crippen molar-refractivity contribution in [3.63, 3.8) is 0 Å². The van der Waals surface area contributed by atoms with E-state index in [0.29, 0.717) is 6.61 Å². The van der Waals surface area contributed by atoms with Crippen molar-refractivity contribution in [1.82, 2.24) is 9.55 Å². The standard InChI is InChI=1S/C21H20N2O2S2/c1-26-20-7-5-18(27-20)13-16-3-2-15-12-17(4-6-19(15)21(16)24)25-11-10-23-9-8-22-14-23/h4-9,12-14H,2-3,10-11H2,1H3/b16-13+. The maximum Gasteiger partial charge on any atom is 0.189 e. The van der Waals surface area contributed by atoms with Crippen LogP contribution in [-0.4, -0.2) is 28.2 Å². The largest absolute Gasteiger partial charge is 0.492 e. The SMILES string of the molecule is CSc1ccc(/C=C2\CCc3cc(OCCn4ccnc4)ccc3C2=O)s1. The van der Waals surface area contributed by atoms with Crippen LogP contribution in [0.2, 0.25) is 0 Å². The van der Waals surface area contributed by atoms with E-state index in [1.165, 1.54) is 4.21 Å². The average Bonchev–Trinajstić information content (AvgIpc) is 3.36. The number of ether oxygens (including phenoxy) is 1. The van der Waals surface area contributed by atoms with Crippen molar-refractivity contribution >= 4 is 35.0 Å². The van der Waals surface area contributed by atoms with Crippen molar-refractivity contribution in [2.45, 2.75) is 23.6 Å². The molecule has 0 radical (unpaired) electrons. The van der Waals surface area contributed by atoms with Crippen molar-refractivity contribution in [3.05, 3.63) is 70.6 Å². The minimum atomic E-state index is 0.139. The van der Waals surface area contributed by atoms with Gasteiger partial charge in [-0.1, -0.05) is 0 Å². The highest BCUT2D eigenvalue weighted by atomic mass is 32.2. The first-order valence-corrected chi connectivity index (χ1v) is 10.9. The molecule has 1 aliphatic rings. The number of aryl methyl sites for hydroxylation is 1. The van der Waals surface area contributed by atoms with Gasteiger partial charge >= 0.3 is 0 Å². The van der Waals surface area contributed by atoms with E-state index < -0.39 is 0 Å². The summed E-state index contributed by atoms with van der Waals surface area (Å²) in [5, 5.41) is 0. The quantitative estimate of drug-likeness (QED) is 0.436. The number of Topliss-reactive ketones (excluding diaryl/α,β-unsaturated/α-hetero) is 1. The van der Waals surface area contributed by atoms with E-state index in [2.05, 4.69) is 23.4 Å². The zero-order valence-electron chi connectivity index (χ0n) is 15.1. The summed E-state index contributed by atoms with van der Waals surface area (Å²) in [6.07, 6.45) is 11.2. The average molecular weight is 397 g/mol. The number of thiophene rings is 1. The summed E-state index contributed by atoms with van der Waals surface area (Å²) < 4.78 is 9.09. The molecule has 0 spiro atoms. The lowest BCUT2D eigenvalue weighted by atomic mass is 9.86. The molecule has 3 aromatic rings. The van der Waals surface area contributed by atoms with Crippen LogP contribution in [0.25, 0.3) is 6.08 Å². The fourth-order valence-electron chi connectivity index (χ4n) is 3.16. The van der Waals surface area contributed by atoms with Gasteiger partial charge in [-0.25, -0.2) is 4.98 Å². The second-order valence-electron chi connectivity index (χ2n) is 6.33. The second-order valence-corrected chi connectivity index (χ2v) is 8.55. The highest BCUT2D eigenvalue weighted by molar-refractivity contribution is 8.00. The first-order valence-electron chi connectivity index (χ1n) is 8.83. The minimum Gasteiger partial charge on any atom is -0.492 e. The highest BCUT2D eigenvalue weighted by Gasteiger charge is 2.22. The predicted molar refractivity (Wildman–Crippen MR) is 111 cm³/mol. The lowest BCUT2D eigenvalue weighted by molar-refractivity contribution is 0.102. The number of carbonyl (C=O) groups is 1. The van der Waals surface area contributed by atoms with Gasteiger partial charge in [0.25, 0.3) is 0 Å². The number of ketones is 1. The Labute approximate surface area is 166 Å². The van der Waals surface area contributed by atoms with E-state index in [9.17, 15) is 4.79 Å². The van der Waals surface area contributed by atoms with Crippen molar-refractivity contribution in [3.8, 4) is 5.75 Å². The van der Waals surface area contributed by atoms with Gasteiger partial charge in [-0.05, 0) is 61.1 Å². The van der Waals surface area contributed by atoms with Crippen LogP contribution < -0.4 is 4.74 Å². The van der Waals surface area contributed by atoms with Gasteiger partial charge in [-0.15, -0.1) is 23.1 Å². The number of fused-ring (bicyclic) bond motifs is 1. The van der Waals surface area contributed by atoms with Crippen LogP contribution in [0.1, 0.15) is 27.2 Å². The van der Waals surface area contributed by atoms with Crippen LogP contribution in [-0.2, 0) is 13.0 Å². The van der Waals surface area contributed by atoms with Gasteiger partial charge in [0, 0.05) is 28.4 Å². The Bertz CT molecular complexity index is 974. The number of thioether (sulfide) groups is 1. The van der Waals surface area contributed by atoms with E-state index in [0.717, 1.165) is 46.7 Å². The predicted octanol–water partition coefficient (Wildman–Crippen LogP) is 4.96. The fraction of sp³-hybridized carbons (Fsp3) is 0.238. The molecule has 0 fully saturated rings. The molecule has 0 saturated carbocycles. The molecule has 4 rings (SSSR count). The lowest BCUT2D eigenvalue weighted by Crippen LogP contribution is -2.14.